The van der Waals surface area contributed by atoms with E-state index in [1.54, 1.807) is 12.1 Å². The first-order chi connectivity index (χ1) is 18.6. The van der Waals surface area contributed by atoms with Gasteiger partial charge in [0.25, 0.3) is 0 Å². The third-order valence-corrected chi connectivity index (χ3v) is 7.41. The lowest BCUT2D eigenvalue weighted by Gasteiger charge is -2.28. The molecule has 0 aromatic heterocycles. The van der Waals surface area contributed by atoms with Crippen LogP contribution in [0.3, 0.4) is 0 Å². The lowest BCUT2D eigenvalue weighted by molar-refractivity contribution is -0.189. The molecule has 0 heterocycles. The second-order valence-corrected chi connectivity index (χ2v) is 10.1. The molecule has 3 aromatic carbocycles. The molecule has 0 amide bonds. The van der Waals surface area contributed by atoms with Crippen LogP contribution in [0.5, 0.6) is 5.75 Å². The van der Waals surface area contributed by atoms with Crippen LogP contribution in [0.25, 0.3) is 11.1 Å². The standard InChI is InChI=1S/C31H29F7O/c1-2-3-4-19-5-7-20(8-6-19)9-10-21-11-13-22(14-12-21)23-15-25(32)29(26(33)16-23)31(37,38)39-24-17-27(34)30(36)28(35)18-24/h2,11-20H,1,3-10H2. The van der Waals surface area contributed by atoms with E-state index < -0.39 is 46.5 Å². The molecule has 0 atom stereocenters. The monoisotopic (exact) mass is 550 g/mol. The Labute approximate surface area is 223 Å². The number of aryl methyl sites for hydroxylation is 1. The number of halogens is 7. The smallest absolute Gasteiger partial charge is 0.429 e. The number of benzene rings is 3. The summed E-state index contributed by atoms with van der Waals surface area (Å²) >= 11 is 0. The minimum atomic E-state index is -4.63. The number of hydrogen-bond donors (Lipinski definition) is 0. The van der Waals surface area contributed by atoms with Crippen molar-refractivity contribution in [1.82, 2.24) is 0 Å². The van der Waals surface area contributed by atoms with Crippen LogP contribution in [0, 0.1) is 40.9 Å². The van der Waals surface area contributed by atoms with Crippen molar-refractivity contribution in [1.29, 1.82) is 0 Å². The number of alkyl halides is 2. The molecule has 39 heavy (non-hydrogen) atoms. The van der Waals surface area contributed by atoms with E-state index in [0.717, 1.165) is 42.9 Å². The Bertz CT molecular complexity index is 1250. The second kappa shape index (κ2) is 12.3. The van der Waals surface area contributed by atoms with Crippen molar-refractivity contribution in [3.63, 3.8) is 0 Å². The van der Waals surface area contributed by atoms with Crippen LogP contribution in [0.15, 0.2) is 61.2 Å². The third kappa shape index (κ3) is 7.02. The Hall–Kier alpha value is -3.29. The summed E-state index contributed by atoms with van der Waals surface area (Å²) in [5.41, 5.74) is -0.193. The Balaban J connectivity index is 1.41. The average Bonchev–Trinajstić information content (AvgIpc) is 2.89. The topological polar surface area (TPSA) is 9.23 Å². The fourth-order valence-corrected chi connectivity index (χ4v) is 5.21. The maximum atomic E-state index is 14.7. The van der Waals surface area contributed by atoms with Crippen molar-refractivity contribution in [2.75, 3.05) is 0 Å². The first kappa shape index (κ1) is 28.7. The molecule has 208 valence electrons. The van der Waals surface area contributed by atoms with Gasteiger partial charge in [-0.1, -0.05) is 56.0 Å². The summed E-state index contributed by atoms with van der Waals surface area (Å²) in [6.45, 7) is 3.79. The Morgan fingerprint density at radius 2 is 1.28 bits per heavy atom. The molecule has 3 aromatic rings. The third-order valence-electron chi connectivity index (χ3n) is 7.41. The highest BCUT2D eigenvalue weighted by atomic mass is 19.3. The predicted octanol–water partition coefficient (Wildman–Crippen LogP) is 9.88. The normalized spacial score (nSPS) is 17.7. The van der Waals surface area contributed by atoms with Gasteiger partial charge in [0, 0.05) is 12.1 Å². The summed E-state index contributed by atoms with van der Waals surface area (Å²) in [6, 6.07) is 8.85. The van der Waals surface area contributed by atoms with E-state index in [1.165, 1.54) is 32.1 Å². The summed E-state index contributed by atoms with van der Waals surface area (Å²) in [4.78, 5) is 0. The summed E-state index contributed by atoms with van der Waals surface area (Å²) in [5.74, 6) is -8.34. The second-order valence-electron chi connectivity index (χ2n) is 10.1. The van der Waals surface area contributed by atoms with Gasteiger partial charge in [0.2, 0.25) is 0 Å². The molecular weight excluding hydrogens is 521 g/mol. The molecule has 8 heteroatoms. The zero-order valence-electron chi connectivity index (χ0n) is 21.3. The van der Waals surface area contributed by atoms with E-state index in [1.807, 2.05) is 18.2 Å². The molecule has 0 spiro atoms. The molecular formula is C31H29F7O. The van der Waals surface area contributed by atoms with Gasteiger partial charge in [0.1, 0.15) is 22.9 Å². The van der Waals surface area contributed by atoms with Crippen LogP contribution in [-0.4, -0.2) is 0 Å². The average molecular weight is 551 g/mol. The van der Waals surface area contributed by atoms with Crippen LogP contribution in [0.1, 0.15) is 56.1 Å². The first-order valence-electron chi connectivity index (χ1n) is 13.0. The molecule has 4 rings (SSSR count). The van der Waals surface area contributed by atoms with Crippen molar-refractivity contribution in [2.45, 2.75) is 57.5 Å². The maximum Gasteiger partial charge on any atom is 0.432 e. The van der Waals surface area contributed by atoms with Gasteiger partial charge in [-0.25, -0.2) is 22.0 Å². The quantitative estimate of drug-likeness (QED) is 0.139. The Morgan fingerprint density at radius 3 is 1.82 bits per heavy atom. The SMILES string of the molecule is C=CCCC1CCC(CCc2ccc(-c3cc(F)c(C(F)(F)Oc4cc(F)c(F)c(F)c4)c(F)c3)cc2)CC1. The van der Waals surface area contributed by atoms with E-state index in [4.69, 9.17) is 0 Å². The van der Waals surface area contributed by atoms with Crippen molar-refractivity contribution >= 4 is 0 Å². The molecule has 0 N–H and O–H groups in total. The van der Waals surface area contributed by atoms with E-state index in [2.05, 4.69) is 11.3 Å². The lowest BCUT2D eigenvalue weighted by atomic mass is 9.78. The molecule has 0 aliphatic heterocycles. The molecule has 1 aliphatic carbocycles. The molecule has 1 saturated carbocycles. The Morgan fingerprint density at radius 1 is 0.744 bits per heavy atom. The van der Waals surface area contributed by atoms with Crippen molar-refractivity contribution in [3.05, 3.63) is 101 Å². The summed E-state index contributed by atoms with van der Waals surface area (Å²) in [6.07, 6.45) is 6.45. The van der Waals surface area contributed by atoms with Gasteiger partial charge in [-0.2, -0.15) is 8.78 Å². The molecule has 1 aliphatic rings. The zero-order chi connectivity index (χ0) is 28.2. The van der Waals surface area contributed by atoms with Crippen LogP contribution in [0.4, 0.5) is 30.7 Å². The van der Waals surface area contributed by atoms with E-state index >= 15 is 0 Å². The van der Waals surface area contributed by atoms with Crippen molar-refractivity contribution in [3.8, 4) is 16.9 Å². The van der Waals surface area contributed by atoms with Crippen molar-refractivity contribution in [2.24, 2.45) is 11.8 Å². The number of rotatable bonds is 10. The minimum absolute atomic E-state index is 0.0350. The van der Waals surface area contributed by atoms with E-state index in [9.17, 15) is 30.7 Å². The molecule has 0 saturated heterocycles. The first-order valence-corrected chi connectivity index (χ1v) is 13.0. The van der Waals surface area contributed by atoms with Gasteiger partial charge in [0.05, 0.1) is 0 Å². The fourth-order valence-electron chi connectivity index (χ4n) is 5.21. The number of allylic oxidation sites excluding steroid dienone is 1. The summed E-state index contributed by atoms with van der Waals surface area (Å²) in [7, 11) is 0. The number of hydrogen-bond acceptors (Lipinski definition) is 1. The minimum Gasteiger partial charge on any atom is -0.429 e. The molecule has 1 nitrogen and oxygen atoms in total. The van der Waals surface area contributed by atoms with Crippen LogP contribution in [0.2, 0.25) is 0 Å². The van der Waals surface area contributed by atoms with Gasteiger partial charge >= 0.3 is 6.11 Å². The van der Waals surface area contributed by atoms with Crippen LogP contribution < -0.4 is 4.74 Å². The van der Waals surface area contributed by atoms with Gasteiger partial charge in [-0.15, -0.1) is 6.58 Å². The molecule has 1 fully saturated rings. The van der Waals surface area contributed by atoms with Gasteiger partial charge in [-0.05, 0) is 66.3 Å². The van der Waals surface area contributed by atoms with Gasteiger partial charge in [-0.3, -0.25) is 0 Å². The molecule has 0 unspecified atom stereocenters. The highest BCUT2D eigenvalue weighted by molar-refractivity contribution is 5.64. The van der Waals surface area contributed by atoms with Crippen LogP contribution >= 0.6 is 0 Å². The largest absolute Gasteiger partial charge is 0.432 e. The highest BCUT2D eigenvalue weighted by Crippen LogP contribution is 2.38. The highest BCUT2D eigenvalue weighted by Gasteiger charge is 2.41. The zero-order valence-corrected chi connectivity index (χ0v) is 21.3. The molecule has 0 bridgehead atoms. The van der Waals surface area contributed by atoms with E-state index in [0.29, 0.717) is 11.5 Å². The summed E-state index contributed by atoms with van der Waals surface area (Å²) in [5, 5.41) is 0. The maximum absolute atomic E-state index is 14.7. The van der Waals surface area contributed by atoms with Gasteiger partial charge < -0.3 is 4.74 Å². The fraction of sp³-hybridized carbons (Fsp3) is 0.355. The van der Waals surface area contributed by atoms with E-state index in [-0.39, 0.29) is 17.7 Å². The van der Waals surface area contributed by atoms with Crippen LogP contribution in [-0.2, 0) is 12.5 Å². The predicted molar refractivity (Wildman–Crippen MR) is 136 cm³/mol. The number of ether oxygens (including phenoxy) is 1. The Kier molecular flexibility index (Phi) is 9.03. The van der Waals surface area contributed by atoms with Gasteiger partial charge in [0.15, 0.2) is 17.5 Å². The molecule has 0 radical (unpaired) electrons. The van der Waals surface area contributed by atoms with Crippen molar-refractivity contribution < 1.29 is 35.5 Å². The summed E-state index contributed by atoms with van der Waals surface area (Å²) < 4.78 is 103. The lowest BCUT2D eigenvalue weighted by Crippen LogP contribution is -2.25.